The minimum absolute atomic E-state index is 0.133. The van der Waals surface area contributed by atoms with Gasteiger partial charge >= 0.3 is 5.97 Å². The third kappa shape index (κ3) is 4.31. The molecule has 1 saturated heterocycles. The summed E-state index contributed by atoms with van der Waals surface area (Å²) in [5.41, 5.74) is 0.0612. The molecule has 0 spiro atoms. The number of aliphatic hydroxyl groups is 1. The topological polar surface area (TPSA) is 106 Å². The van der Waals surface area contributed by atoms with Gasteiger partial charge in [-0.25, -0.2) is 4.79 Å². The fourth-order valence-corrected chi connectivity index (χ4v) is 2.73. The van der Waals surface area contributed by atoms with Gasteiger partial charge in [0, 0.05) is 51.0 Å². The second-order valence-corrected chi connectivity index (χ2v) is 5.78. The first kappa shape index (κ1) is 17.5. The summed E-state index contributed by atoms with van der Waals surface area (Å²) in [6, 6.07) is 0.432. The fraction of sp³-hybridized carbons (Fsp3) is 0.600. The number of piperazine rings is 1. The molecule has 1 unspecified atom stereocenters. The summed E-state index contributed by atoms with van der Waals surface area (Å²) in [4.78, 5) is 27.2. The first-order chi connectivity index (χ1) is 10.9. The smallest absolute Gasteiger partial charge is 0.326 e. The van der Waals surface area contributed by atoms with Gasteiger partial charge in [-0.3, -0.25) is 14.6 Å². The van der Waals surface area contributed by atoms with E-state index in [2.05, 4.69) is 9.80 Å². The number of pyridine rings is 1. The number of hydrogen-bond acceptors (Lipinski definition) is 6. The quantitative estimate of drug-likeness (QED) is 0.635. The second kappa shape index (κ2) is 7.58. The number of aliphatic hydroxyl groups excluding tert-OH is 1. The van der Waals surface area contributed by atoms with Crippen molar-refractivity contribution in [3.8, 4) is 5.75 Å². The lowest BCUT2D eigenvalue weighted by Crippen LogP contribution is -2.47. The molecule has 0 aliphatic carbocycles. The van der Waals surface area contributed by atoms with Gasteiger partial charge in [0.1, 0.15) is 6.04 Å². The number of carbonyl (C=O) groups is 1. The number of carboxylic acids is 1. The molecule has 2 rings (SSSR count). The lowest BCUT2D eigenvalue weighted by Gasteiger charge is -2.34. The van der Waals surface area contributed by atoms with Gasteiger partial charge in [0.2, 0.25) is 5.43 Å². The molecule has 0 aromatic carbocycles. The molecule has 3 N–H and O–H groups in total. The van der Waals surface area contributed by atoms with Crippen molar-refractivity contribution in [2.24, 2.45) is 0 Å². The van der Waals surface area contributed by atoms with E-state index in [1.807, 2.05) is 0 Å². The molecule has 0 amide bonds. The Morgan fingerprint density at radius 3 is 2.43 bits per heavy atom. The van der Waals surface area contributed by atoms with E-state index in [4.69, 9.17) is 5.11 Å². The maximum Gasteiger partial charge on any atom is 0.326 e. The monoisotopic (exact) mass is 325 g/mol. The van der Waals surface area contributed by atoms with Gasteiger partial charge in [-0.15, -0.1) is 0 Å². The molecule has 1 aromatic heterocycles. The van der Waals surface area contributed by atoms with Crippen LogP contribution in [0.2, 0.25) is 0 Å². The third-order valence-electron chi connectivity index (χ3n) is 4.18. The minimum atomic E-state index is -1.03. The third-order valence-corrected chi connectivity index (χ3v) is 4.18. The van der Waals surface area contributed by atoms with Gasteiger partial charge < -0.3 is 19.9 Å². The van der Waals surface area contributed by atoms with Crippen molar-refractivity contribution in [1.82, 2.24) is 14.4 Å². The highest BCUT2D eigenvalue weighted by atomic mass is 16.4. The van der Waals surface area contributed by atoms with E-state index < -0.39 is 23.2 Å². The lowest BCUT2D eigenvalue weighted by atomic mass is 10.2. The average molecular weight is 325 g/mol. The molecular formula is C15H23N3O5. The summed E-state index contributed by atoms with van der Waals surface area (Å²) in [5, 5.41) is 27.7. The number of β-amino-alcohol motifs (C(OH)–C–C–N with tert-alkyl or cyclic N) is 1. The van der Waals surface area contributed by atoms with Crippen LogP contribution >= 0.6 is 0 Å². The summed E-state index contributed by atoms with van der Waals surface area (Å²) in [7, 11) is 0. The van der Waals surface area contributed by atoms with E-state index >= 15 is 0 Å². The van der Waals surface area contributed by atoms with Gasteiger partial charge in [0.25, 0.3) is 0 Å². The van der Waals surface area contributed by atoms with Crippen LogP contribution in [0.3, 0.4) is 0 Å². The Morgan fingerprint density at radius 1 is 1.26 bits per heavy atom. The van der Waals surface area contributed by atoms with E-state index in [0.29, 0.717) is 18.8 Å². The van der Waals surface area contributed by atoms with Gasteiger partial charge in [0.15, 0.2) is 5.75 Å². The molecule has 0 bridgehead atoms. The van der Waals surface area contributed by atoms with Crippen molar-refractivity contribution in [2.45, 2.75) is 19.5 Å². The van der Waals surface area contributed by atoms with E-state index in [0.717, 1.165) is 26.2 Å². The Hall–Kier alpha value is -1.90. The predicted molar refractivity (Wildman–Crippen MR) is 83.5 cm³/mol. The van der Waals surface area contributed by atoms with Crippen LogP contribution in [0.25, 0.3) is 0 Å². The normalized spacial score (nSPS) is 18.0. The Balaban J connectivity index is 2.14. The lowest BCUT2D eigenvalue weighted by molar-refractivity contribution is -0.140. The van der Waals surface area contributed by atoms with E-state index in [9.17, 15) is 19.8 Å². The van der Waals surface area contributed by atoms with Gasteiger partial charge in [-0.05, 0) is 6.92 Å². The number of hydrogen-bond donors (Lipinski definition) is 3. The number of rotatable bonds is 6. The highest BCUT2D eigenvalue weighted by Crippen LogP contribution is 2.16. The number of carboxylic acid groups (broad SMARTS) is 1. The molecule has 1 atom stereocenters. The molecule has 2 heterocycles. The van der Waals surface area contributed by atoms with E-state index in [-0.39, 0.29) is 6.61 Å². The van der Waals surface area contributed by atoms with Crippen molar-refractivity contribution in [3.05, 3.63) is 28.2 Å². The zero-order valence-electron chi connectivity index (χ0n) is 13.2. The number of aromatic hydroxyl groups is 1. The molecule has 128 valence electrons. The number of nitrogens with zero attached hydrogens (tertiary/aromatic N) is 3. The van der Waals surface area contributed by atoms with Crippen molar-refractivity contribution < 1.29 is 20.1 Å². The molecule has 0 radical (unpaired) electrons. The maximum atomic E-state index is 11.7. The molecule has 1 aliphatic rings. The molecule has 1 fully saturated rings. The highest BCUT2D eigenvalue weighted by molar-refractivity contribution is 5.71. The zero-order valence-corrected chi connectivity index (χ0v) is 13.2. The molecule has 1 aromatic rings. The fourth-order valence-electron chi connectivity index (χ4n) is 2.73. The largest absolute Gasteiger partial charge is 0.503 e. The van der Waals surface area contributed by atoms with Crippen molar-refractivity contribution in [1.29, 1.82) is 0 Å². The van der Waals surface area contributed by atoms with Crippen LogP contribution in [0.5, 0.6) is 5.75 Å². The Morgan fingerprint density at radius 2 is 1.87 bits per heavy atom. The van der Waals surface area contributed by atoms with Gasteiger partial charge in [0.05, 0.1) is 12.8 Å². The molecule has 8 nitrogen and oxygen atoms in total. The SMILES string of the molecule is CC(C(=O)O)n1cc(O)c(=O)cc1CN1CCN(CCO)CC1. The summed E-state index contributed by atoms with van der Waals surface area (Å²) < 4.78 is 1.43. The molecule has 23 heavy (non-hydrogen) atoms. The second-order valence-electron chi connectivity index (χ2n) is 5.78. The predicted octanol–water partition coefficient (Wildman–Crippen LogP) is -0.691. The first-order valence-electron chi connectivity index (χ1n) is 7.64. The first-order valence-corrected chi connectivity index (χ1v) is 7.64. The van der Waals surface area contributed by atoms with Crippen LogP contribution in [0.1, 0.15) is 18.7 Å². The summed E-state index contributed by atoms with van der Waals surface area (Å²) in [6.45, 7) is 5.91. The van der Waals surface area contributed by atoms with Crippen LogP contribution < -0.4 is 5.43 Å². The average Bonchev–Trinajstić information content (AvgIpc) is 2.52. The van der Waals surface area contributed by atoms with Crippen molar-refractivity contribution in [3.63, 3.8) is 0 Å². The zero-order chi connectivity index (χ0) is 17.0. The summed E-state index contributed by atoms with van der Waals surface area (Å²) in [6.07, 6.45) is 1.19. The molecule has 0 saturated carbocycles. The van der Waals surface area contributed by atoms with Gasteiger partial charge in [-0.1, -0.05) is 0 Å². The Labute approximate surface area is 134 Å². The van der Waals surface area contributed by atoms with Crippen molar-refractivity contribution >= 4 is 5.97 Å². The van der Waals surface area contributed by atoms with Crippen LogP contribution in [0.15, 0.2) is 17.1 Å². The van der Waals surface area contributed by atoms with Crippen LogP contribution in [-0.2, 0) is 11.3 Å². The number of aliphatic carboxylic acids is 1. The Kier molecular flexibility index (Phi) is 5.75. The standard InChI is InChI=1S/C15H23N3O5/c1-11(15(22)23)18-10-14(21)13(20)8-12(18)9-17-4-2-16(3-5-17)6-7-19/h8,10-11,19,21H,2-7,9H2,1H3,(H,22,23). The van der Waals surface area contributed by atoms with Crippen molar-refractivity contribution in [2.75, 3.05) is 39.3 Å². The maximum absolute atomic E-state index is 11.7. The van der Waals surface area contributed by atoms with Gasteiger partial charge in [-0.2, -0.15) is 0 Å². The van der Waals surface area contributed by atoms with Crippen LogP contribution in [0.4, 0.5) is 0 Å². The summed E-state index contributed by atoms with van der Waals surface area (Å²) >= 11 is 0. The highest BCUT2D eigenvalue weighted by Gasteiger charge is 2.21. The number of aromatic nitrogens is 1. The van der Waals surface area contributed by atoms with E-state index in [1.165, 1.54) is 23.8 Å². The Bertz CT molecular complexity index is 608. The minimum Gasteiger partial charge on any atom is -0.503 e. The molecular weight excluding hydrogens is 302 g/mol. The van der Waals surface area contributed by atoms with E-state index in [1.54, 1.807) is 0 Å². The molecule has 1 aliphatic heterocycles. The summed E-state index contributed by atoms with van der Waals surface area (Å²) in [5.74, 6) is -1.48. The molecule has 8 heteroatoms. The van der Waals surface area contributed by atoms with Crippen LogP contribution in [-0.4, -0.2) is 75.0 Å². The van der Waals surface area contributed by atoms with Crippen LogP contribution in [0, 0.1) is 0 Å².